The molecule has 2 saturated heterocycles. The maximum atomic E-state index is 10.5. The quantitative estimate of drug-likeness (QED) is 0.548. The molecule has 0 aromatic carbocycles. The van der Waals surface area contributed by atoms with Gasteiger partial charge in [0.1, 0.15) is 0 Å². The van der Waals surface area contributed by atoms with Gasteiger partial charge in [0.15, 0.2) is 5.79 Å². The van der Waals surface area contributed by atoms with Crippen LogP contribution in [0.4, 0.5) is 0 Å². The van der Waals surface area contributed by atoms with Crippen LogP contribution >= 0.6 is 0 Å². The molecule has 6 rings (SSSR count). The fourth-order valence-corrected chi connectivity index (χ4v) is 9.71. The van der Waals surface area contributed by atoms with Gasteiger partial charge in [0.25, 0.3) is 0 Å². The SMILES string of the molecule is C[C@@H]1CC[C@@]2(OC1)O[C@H]1C[C@@H]3[C@@H]4CC=C5C[C@@H](O)[C@H](O)C[C@]5(C)[C@@H]4CC[C@]3(C)[C@H]1[C@@H]2C. The van der Waals surface area contributed by atoms with E-state index in [4.69, 9.17) is 9.47 Å². The van der Waals surface area contributed by atoms with Crippen LogP contribution in [0.25, 0.3) is 0 Å². The van der Waals surface area contributed by atoms with Crippen molar-refractivity contribution in [2.24, 2.45) is 46.3 Å². The number of rotatable bonds is 0. The van der Waals surface area contributed by atoms with Crippen LogP contribution in [0.1, 0.15) is 79.1 Å². The first-order valence-electron chi connectivity index (χ1n) is 13.1. The van der Waals surface area contributed by atoms with Gasteiger partial charge in [0.05, 0.1) is 24.9 Å². The lowest BCUT2D eigenvalue weighted by molar-refractivity contribution is -0.272. The molecule has 0 aromatic rings. The standard InChI is InChI=1S/C27H42O4/c1-15-7-10-27(30-14-15)16(2)24-23(31-27)12-20-18-6-5-17-11-21(28)22(29)13-26(17,4)19(18)8-9-25(20,24)3/h5,15-16,18-24,28-29H,6-14H2,1-4H3/t15-,16+,18-,19-,20-,21-,22-,23+,24+,25+,26+,27-/m1/s1. The third-order valence-corrected chi connectivity index (χ3v) is 11.4. The Hall–Kier alpha value is -0.420. The molecule has 1 spiro atoms. The van der Waals surface area contributed by atoms with E-state index in [2.05, 4.69) is 33.8 Å². The van der Waals surface area contributed by atoms with Gasteiger partial charge in [-0.05, 0) is 85.4 Å². The van der Waals surface area contributed by atoms with E-state index in [1.165, 1.54) is 31.3 Å². The average Bonchev–Trinajstić information content (AvgIpc) is 3.16. The van der Waals surface area contributed by atoms with Gasteiger partial charge in [-0.1, -0.05) is 39.3 Å². The van der Waals surface area contributed by atoms with Crippen molar-refractivity contribution in [2.45, 2.75) is 103 Å². The number of hydrogen-bond acceptors (Lipinski definition) is 4. The Balaban J connectivity index is 1.28. The Morgan fingerprint density at radius 1 is 1.03 bits per heavy atom. The van der Waals surface area contributed by atoms with Crippen LogP contribution in [0.5, 0.6) is 0 Å². The lowest BCUT2D eigenvalue weighted by Gasteiger charge is -2.59. The highest BCUT2D eigenvalue weighted by molar-refractivity contribution is 5.27. The summed E-state index contributed by atoms with van der Waals surface area (Å²) in [5.41, 5.74) is 1.80. The summed E-state index contributed by atoms with van der Waals surface area (Å²) in [5, 5.41) is 20.8. The maximum absolute atomic E-state index is 10.5. The van der Waals surface area contributed by atoms with Crippen LogP contribution in [0, 0.1) is 46.3 Å². The van der Waals surface area contributed by atoms with E-state index in [1.807, 2.05) is 0 Å². The smallest absolute Gasteiger partial charge is 0.171 e. The Bertz CT molecular complexity index is 769. The molecule has 4 aliphatic carbocycles. The highest BCUT2D eigenvalue weighted by Crippen LogP contribution is 2.70. The largest absolute Gasteiger partial charge is 0.390 e. The summed E-state index contributed by atoms with van der Waals surface area (Å²) in [4.78, 5) is 0. The van der Waals surface area contributed by atoms with Gasteiger partial charge in [-0.15, -0.1) is 0 Å². The van der Waals surface area contributed by atoms with E-state index in [1.54, 1.807) is 0 Å². The van der Waals surface area contributed by atoms with Crippen molar-refractivity contribution in [1.29, 1.82) is 0 Å². The van der Waals surface area contributed by atoms with Crippen LogP contribution < -0.4 is 0 Å². The molecule has 0 amide bonds. The van der Waals surface area contributed by atoms with Crippen molar-refractivity contribution in [3.63, 3.8) is 0 Å². The van der Waals surface area contributed by atoms with Crippen molar-refractivity contribution in [3.8, 4) is 0 Å². The van der Waals surface area contributed by atoms with Crippen molar-refractivity contribution in [1.82, 2.24) is 0 Å². The second-order valence-electron chi connectivity index (χ2n) is 12.8. The first-order valence-corrected chi connectivity index (χ1v) is 13.1. The normalized spacial score (nSPS) is 60.7. The summed E-state index contributed by atoms with van der Waals surface area (Å²) in [7, 11) is 0. The first kappa shape index (κ1) is 21.1. The zero-order valence-corrected chi connectivity index (χ0v) is 19.8. The fourth-order valence-electron chi connectivity index (χ4n) is 9.71. The predicted octanol–water partition coefficient (Wildman–Crippen LogP) is 4.68. The Labute approximate surface area is 187 Å². The molecule has 31 heavy (non-hydrogen) atoms. The summed E-state index contributed by atoms with van der Waals surface area (Å²) in [6.07, 6.45) is 10.1. The third-order valence-electron chi connectivity index (χ3n) is 11.4. The van der Waals surface area contributed by atoms with Crippen molar-refractivity contribution in [3.05, 3.63) is 11.6 Å². The summed E-state index contributed by atoms with van der Waals surface area (Å²) in [6, 6.07) is 0. The van der Waals surface area contributed by atoms with E-state index in [0.717, 1.165) is 25.9 Å². The minimum absolute atomic E-state index is 0.0525. The Kier molecular flexibility index (Phi) is 4.64. The molecule has 174 valence electrons. The van der Waals surface area contributed by atoms with Crippen LogP contribution in [0.3, 0.4) is 0 Å². The Morgan fingerprint density at radius 2 is 1.84 bits per heavy atom. The zero-order valence-electron chi connectivity index (χ0n) is 19.8. The van der Waals surface area contributed by atoms with Gasteiger partial charge >= 0.3 is 0 Å². The highest BCUT2D eigenvalue weighted by atomic mass is 16.7. The molecule has 12 atom stereocenters. The molecule has 3 saturated carbocycles. The van der Waals surface area contributed by atoms with E-state index >= 15 is 0 Å². The predicted molar refractivity (Wildman–Crippen MR) is 119 cm³/mol. The average molecular weight is 431 g/mol. The van der Waals surface area contributed by atoms with E-state index in [-0.39, 0.29) is 11.2 Å². The molecular weight excluding hydrogens is 388 g/mol. The van der Waals surface area contributed by atoms with Crippen LogP contribution in [-0.4, -0.2) is 40.9 Å². The van der Waals surface area contributed by atoms with Crippen molar-refractivity contribution >= 4 is 0 Å². The first-order chi connectivity index (χ1) is 14.7. The molecule has 2 aliphatic heterocycles. The number of hydrogen-bond donors (Lipinski definition) is 2. The van der Waals surface area contributed by atoms with Crippen LogP contribution in [-0.2, 0) is 9.47 Å². The van der Waals surface area contributed by atoms with Crippen LogP contribution in [0.15, 0.2) is 11.6 Å². The lowest BCUT2D eigenvalue weighted by atomic mass is 9.46. The van der Waals surface area contributed by atoms with Gasteiger partial charge in [0, 0.05) is 12.3 Å². The van der Waals surface area contributed by atoms with Crippen LogP contribution in [0.2, 0.25) is 0 Å². The molecule has 2 heterocycles. The topological polar surface area (TPSA) is 58.9 Å². The third kappa shape index (κ3) is 2.74. The summed E-state index contributed by atoms with van der Waals surface area (Å²) in [5.74, 6) is 3.39. The molecule has 5 fully saturated rings. The molecular formula is C27H42O4. The number of aliphatic hydroxyl groups is 2. The van der Waals surface area contributed by atoms with Crippen molar-refractivity contribution in [2.75, 3.05) is 6.61 Å². The molecule has 0 radical (unpaired) electrons. The van der Waals surface area contributed by atoms with Gasteiger partial charge in [-0.2, -0.15) is 0 Å². The zero-order chi connectivity index (χ0) is 21.8. The molecule has 4 heteroatoms. The molecule has 0 bridgehead atoms. The summed E-state index contributed by atoms with van der Waals surface area (Å²) < 4.78 is 13.3. The van der Waals surface area contributed by atoms with Crippen molar-refractivity contribution < 1.29 is 19.7 Å². The number of ether oxygens (including phenoxy) is 2. The summed E-state index contributed by atoms with van der Waals surface area (Å²) in [6.45, 7) is 10.5. The van der Waals surface area contributed by atoms with Gasteiger partial charge in [0.2, 0.25) is 0 Å². The molecule has 6 aliphatic rings. The molecule has 0 unspecified atom stereocenters. The molecule has 4 nitrogen and oxygen atoms in total. The Morgan fingerprint density at radius 3 is 2.58 bits per heavy atom. The molecule has 0 aromatic heterocycles. The van der Waals surface area contributed by atoms with Gasteiger partial charge in [-0.3, -0.25) is 0 Å². The van der Waals surface area contributed by atoms with E-state index < -0.39 is 12.2 Å². The highest BCUT2D eigenvalue weighted by Gasteiger charge is 2.68. The minimum Gasteiger partial charge on any atom is -0.390 e. The summed E-state index contributed by atoms with van der Waals surface area (Å²) >= 11 is 0. The number of aliphatic hydroxyl groups excluding tert-OH is 2. The monoisotopic (exact) mass is 430 g/mol. The minimum atomic E-state index is -0.584. The van der Waals surface area contributed by atoms with E-state index in [0.29, 0.717) is 53.4 Å². The molecule has 2 N–H and O–H groups in total. The number of fused-ring (bicyclic) bond motifs is 7. The fraction of sp³-hybridized carbons (Fsp3) is 0.926. The number of allylic oxidation sites excluding steroid dienone is 1. The lowest BCUT2D eigenvalue weighted by Crippen LogP contribution is -2.54. The second kappa shape index (κ2) is 6.81. The van der Waals surface area contributed by atoms with E-state index in [9.17, 15) is 10.2 Å². The van der Waals surface area contributed by atoms with Gasteiger partial charge in [-0.25, -0.2) is 0 Å². The second-order valence-corrected chi connectivity index (χ2v) is 12.8. The maximum Gasteiger partial charge on any atom is 0.171 e. The van der Waals surface area contributed by atoms with Gasteiger partial charge < -0.3 is 19.7 Å².